The minimum Gasteiger partial charge on any atom is -0.352 e. The molecule has 2 aromatic rings. The molecule has 186 valence electrons. The molecule has 0 heterocycles. The lowest BCUT2D eigenvalue weighted by molar-refractivity contribution is -0.139. The number of anilines is 1. The fraction of sp³-hybridized carbons (Fsp3) is 0.417. The molecule has 0 aromatic heterocycles. The topological polar surface area (TPSA) is 86.8 Å². The molecule has 0 aliphatic carbocycles. The summed E-state index contributed by atoms with van der Waals surface area (Å²) in [5, 5.41) is 3.29. The van der Waals surface area contributed by atoms with Crippen molar-refractivity contribution < 1.29 is 18.0 Å². The highest BCUT2D eigenvalue weighted by molar-refractivity contribution is 9.10. The Hall–Kier alpha value is -2.10. The molecule has 0 saturated carbocycles. The van der Waals surface area contributed by atoms with Crippen LogP contribution < -0.4 is 9.62 Å². The summed E-state index contributed by atoms with van der Waals surface area (Å²) in [6.45, 7) is 6.97. The van der Waals surface area contributed by atoms with Gasteiger partial charge in [-0.1, -0.05) is 52.7 Å². The van der Waals surface area contributed by atoms with Gasteiger partial charge in [-0.15, -0.1) is 0 Å². The van der Waals surface area contributed by atoms with Gasteiger partial charge in [-0.05, 0) is 62.6 Å². The summed E-state index contributed by atoms with van der Waals surface area (Å²) < 4.78 is 27.1. The first kappa shape index (κ1) is 28.1. The van der Waals surface area contributed by atoms with Crippen molar-refractivity contribution in [2.45, 2.75) is 52.7 Å². The van der Waals surface area contributed by atoms with Gasteiger partial charge >= 0.3 is 0 Å². The van der Waals surface area contributed by atoms with Crippen molar-refractivity contribution in [2.24, 2.45) is 0 Å². The van der Waals surface area contributed by atoms with Crippen LogP contribution in [0.1, 0.15) is 38.3 Å². The number of hydrogen-bond donors (Lipinski definition) is 1. The Labute approximate surface area is 215 Å². The molecule has 0 aliphatic heterocycles. The van der Waals surface area contributed by atoms with Gasteiger partial charge in [-0.25, -0.2) is 8.42 Å². The van der Waals surface area contributed by atoms with Crippen LogP contribution in [0.25, 0.3) is 0 Å². The first-order chi connectivity index (χ1) is 15.8. The maximum atomic E-state index is 13.5. The summed E-state index contributed by atoms with van der Waals surface area (Å²) in [5.74, 6) is -0.805. The van der Waals surface area contributed by atoms with Gasteiger partial charge < -0.3 is 10.2 Å². The van der Waals surface area contributed by atoms with Crippen LogP contribution in [0, 0.1) is 6.92 Å². The third kappa shape index (κ3) is 7.71. The Kier molecular flexibility index (Phi) is 9.96. The fourth-order valence-electron chi connectivity index (χ4n) is 3.19. The monoisotopic (exact) mass is 571 g/mol. The average molecular weight is 573 g/mol. The predicted molar refractivity (Wildman–Crippen MR) is 140 cm³/mol. The summed E-state index contributed by atoms with van der Waals surface area (Å²) in [5.41, 5.74) is 1.88. The largest absolute Gasteiger partial charge is 0.352 e. The number of aryl methyl sites for hydroxylation is 1. The van der Waals surface area contributed by atoms with Gasteiger partial charge in [0.1, 0.15) is 12.6 Å². The highest BCUT2D eigenvalue weighted by atomic mass is 79.9. The van der Waals surface area contributed by atoms with Gasteiger partial charge in [-0.2, -0.15) is 0 Å². The van der Waals surface area contributed by atoms with E-state index < -0.39 is 28.5 Å². The highest BCUT2D eigenvalue weighted by Gasteiger charge is 2.30. The Bertz CT molecular complexity index is 1130. The zero-order valence-corrected chi connectivity index (χ0v) is 23.2. The quantitative estimate of drug-likeness (QED) is 0.454. The molecule has 0 unspecified atom stereocenters. The predicted octanol–water partition coefficient (Wildman–Crippen LogP) is 4.51. The van der Waals surface area contributed by atoms with E-state index in [2.05, 4.69) is 21.2 Å². The molecule has 2 aromatic carbocycles. The van der Waals surface area contributed by atoms with E-state index >= 15 is 0 Å². The normalized spacial score (nSPS) is 13.1. The minimum absolute atomic E-state index is 0.0539. The van der Waals surface area contributed by atoms with E-state index in [9.17, 15) is 18.0 Å². The van der Waals surface area contributed by atoms with E-state index in [4.69, 9.17) is 11.6 Å². The van der Waals surface area contributed by atoms with Gasteiger partial charge in [0.25, 0.3) is 0 Å². The Balaban J connectivity index is 2.39. The maximum absolute atomic E-state index is 13.5. The number of nitrogens with one attached hydrogen (secondary N) is 1. The van der Waals surface area contributed by atoms with E-state index in [0.717, 1.165) is 32.6 Å². The standard InChI is InChI=1S/C24H31BrClN3O4S/c1-6-17(3)27-24(31)18(4)28(14-19-8-10-20(25)11-9-19)23(30)15-29(34(5,32)33)21-12-7-16(2)22(26)13-21/h7-13,17-18H,6,14-15H2,1-5H3,(H,27,31)/t17-,18+/m1/s1. The van der Waals surface area contributed by atoms with Crippen LogP contribution in [-0.2, 0) is 26.2 Å². The molecule has 1 N–H and O–H groups in total. The van der Waals surface area contributed by atoms with Crippen LogP contribution in [0.15, 0.2) is 46.9 Å². The number of hydrogen-bond acceptors (Lipinski definition) is 4. The van der Waals surface area contributed by atoms with Gasteiger partial charge in [-0.3, -0.25) is 13.9 Å². The number of carbonyl (C=O) groups excluding carboxylic acids is 2. The van der Waals surface area contributed by atoms with Crippen LogP contribution >= 0.6 is 27.5 Å². The average Bonchev–Trinajstić information content (AvgIpc) is 2.77. The third-order valence-electron chi connectivity index (χ3n) is 5.56. The summed E-state index contributed by atoms with van der Waals surface area (Å²) in [7, 11) is -3.80. The van der Waals surface area contributed by atoms with Crippen LogP contribution in [0.3, 0.4) is 0 Å². The molecule has 0 spiro atoms. The molecule has 0 bridgehead atoms. The lowest BCUT2D eigenvalue weighted by Gasteiger charge is -2.32. The number of amides is 2. The van der Waals surface area contributed by atoms with E-state index in [1.807, 2.05) is 38.1 Å². The van der Waals surface area contributed by atoms with Crippen molar-refractivity contribution in [3.63, 3.8) is 0 Å². The van der Waals surface area contributed by atoms with Crippen LogP contribution in [-0.4, -0.2) is 50.0 Å². The van der Waals surface area contributed by atoms with Crippen LogP contribution in [0.5, 0.6) is 0 Å². The van der Waals surface area contributed by atoms with Crippen molar-refractivity contribution >= 4 is 55.1 Å². The maximum Gasteiger partial charge on any atom is 0.244 e. The van der Waals surface area contributed by atoms with E-state index in [1.54, 1.807) is 26.0 Å². The molecule has 0 fully saturated rings. The smallest absolute Gasteiger partial charge is 0.244 e. The molecule has 0 saturated heterocycles. The summed E-state index contributed by atoms with van der Waals surface area (Å²) in [4.78, 5) is 27.8. The number of rotatable bonds is 10. The van der Waals surface area contributed by atoms with Gasteiger partial charge in [0.15, 0.2) is 0 Å². The van der Waals surface area contributed by atoms with Crippen molar-refractivity contribution in [1.82, 2.24) is 10.2 Å². The van der Waals surface area contributed by atoms with E-state index in [0.29, 0.717) is 5.02 Å². The second kappa shape index (κ2) is 12.0. The number of benzene rings is 2. The van der Waals surface area contributed by atoms with Crippen molar-refractivity contribution in [3.8, 4) is 0 Å². The number of carbonyl (C=O) groups is 2. The van der Waals surface area contributed by atoms with Gasteiger partial charge in [0, 0.05) is 22.1 Å². The van der Waals surface area contributed by atoms with E-state index in [-0.39, 0.29) is 24.2 Å². The molecule has 2 rings (SSSR count). The fourth-order valence-corrected chi connectivity index (χ4v) is 4.47. The van der Waals surface area contributed by atoms with Gasteiger partial charge in [0.2, 0.25) is 21.8 Å². The number of sulfonamides is 1. The van der Waals surface area contributed by atoms with Gasteiger partial charge in [0.05, 0.1) is 11.9 Å². The SMILES string of the molecule is CC[C@@H](C)NC(=O)[C@H](C)N(Cc1ccc(Br)cc1)C(=O)CN(c1ccc(C)c(Cl)c1)S(C)(=O)=O. The summed E-state index contributed by atoms with van der Waals surface area (Å²) >= 11 is 9.60. The second-order valence-electron chi connectivity index (χ2n) is 8.35. The van der Waals surface area contributed by atoms with Crippen LogP contribution in [0.4, 0.5) is 5.69 Å². The molecule has 0 aliphatic rings. The molecule has 0 radical (unpaired) electrons. The minimum atomic E-state index is -3.80. The molecule has 2 amide bonds. The Morgan fingerprint density at radius 3 is 2.26 bits per heavy atom. The summed E-state index contributed by atoms with van der Waals surface area (Å²) in [6, 6.07) is 11.3. The number of nitrogens with zero attached hydrogens (tertiary/aromatic N) is 2. The first-order valence-corrected chi connectivity index (χ1v) is 13.9. The Morgan fingerprint density at radius 2 is 1.74 bits per heavy atom. The molecule has 2 atom stereocenters. The van der Waals surface area contributed by atoms with Crippen molar-refractivity contribution in [2.75, 3.05) is 17.1 Å². The zero-order valence-electron chi connectivity index (χ0n) is 20.0. The second-order valence-corrected chi connectivity index (χ2v) is 11.6. The number of halogens is 2. The molecular weight excluding hydrogens is 542 g/mol. The van der Waals surface area contributed by atoms with Crippen molar-refractivity contribution in [1.29, 1.82) is 0 Å². The molecule has 34 heavy (non-hydrogen) atoms. The molecule has 10 heteroatoms. The third-order valence-corrected chi connectivity index (χ3v) is 7.63. The molecular formula is C24H31BrClN3O4S. The first-order valence-electron chi connectivity index (χ1n) is 10.9. The van der Waals surface area contributed by atoms with Crippen LogP contribution in [0.2, 0.25) is 5.02 Å². The highest BCUT2D eigenvalue weighted by Crippen LogP contribution is 2.25. The van der Waals surface area contributed by atoms with Crippen molar-refractivity contribution in [3.05, 3.63) is 63.1 Å². The summed E-state index contributed by atoms with van der Waals surface area (Å²) in [6.07, 6.45) is 1.78. The zero-order chi connectivity index (χ0) is 25.6. The van der Waals surface area contributed by atoms with E-state index in [1.165, 1.54) is 11.0 Å². The lowest BCUT2D eigenvalue weighted by Crippen LogP contribution is -2.52. The molecule has 7 nitrogen and oxygen atoms in total. The Morgan fingerprint density at radius 1 is 1.12 bits per heavy atom. The lowest BCUT2D eigenvalue weighted by atomic mass is 10.1.